The van der Waals surface area contributed by atoms with Crippen LogP contribution in [0.1, 0.15) is 27.2 Å². The molecule has 1 aliphatic rings. The van der Waals surface area contributed by atoms with Crippen molar-refractivity contribution in [2.45, 2.75) is 27.2 Å². The Kier molecular flexibility index (Phi) is 4.80. The number of nitro benzene ring substituents is 1. The van der Waals surface area contributed by atoms with E-state index in [-0.39, 0.29) is 22.5 Å². The van der Waals surface area contributed by atoms with Gasteiger partial charge in [0, 0.05) is 19.3 Å². The molecule has 1 aromatic carbocycles. The van der Waals surface area contributed by atoms with Gasteiger partial charge in [0.1, 0.15) is 5.69 Å². The molecule has 1 unspecified atom stereocenters. The van der Waals surface area contributed by atoms with Crippen LogP contribution in [-0.4, -0.2) is 35.6 Å². The molecule has 0 amide bonds. The summed E-state index contributed by atoms with van der Waals surface area (Å²) in [5.41, 5.74) is 0.511. The van der Waals surface area contributed by atoms with E-state index in [0.29, 0.717) is 42.7 Å². The van der Waals surface area contributed by atoms with Gasteiger partial charge in [0.05, 0.1) is 27.8 Å². The first-order chi connectivity index (χ1) is 12.4. The van der Waals surface area contributed by atoms with E-state index in [1.54, 1.807) is 37.4 Å². The molecule has 1 aromatic heterocycles. The smallest absolute Gasteiger partial charge is 0.314 e. The molecule has 138 valence electrons. The fourth-order valence-corrected chi connectivity index (χ4v) is 3.76. The zero-order valence-electron chi connectivity index (χ0n) is 15.3. The van der Waals surface area contributed by atoms with Gasteiger partial charge in [-0.25, -0.2) is 0 Å². The summed E-state index contributed by atoms with van der Waals surface area (Å²) in [6.45, 7) is 7.10. The third kappa shape index (κ3) is 2.87. The molecule has 7 heteroatoms. The number of esters is 1. The molecule has 2 heterocycles. The molecular weight excluding hydrogens is 334 g/mol. The van der Waals surface area contributed by atoms with Crippen molar-refractivity contribution in [3.8, 4) is 0 Å². The summed E-state index contributed by atoms with van der Waals surface area (Å²) in [4.78, 5) is 30.2. The Morgan fingerprint density at radius 3 is 2.85 bits per heavy atom. The minimum Gasteiger partial charge on any atom is -0.466 e. The quantitative estimate of drug-likeness (QED) is 0.462. The average Bonchev–Trinajstić information content (AvgIpc) is 3.07. The van der Waals surface area contributed by atoms with E-state index >= 15 is 0 Å². The van der Waals surface area contributed by atoms with Gasteiger partial charge in [-0.1, -0.05) is 13.8 Å². The fraction of sp³-hybridized carbons (Fsp3) is 0.474. The number of rotatable bonds is 5. The highest BCUT2D eigenvalue weighted by Crippen LogP contribution is 2.44. The summed E-state index contributed by atoms with van der Waals surface area (Å²) in [5.74, 6) is -0.143. The van der Waals surface area contributed by atoms with Crippen molar-refractivity contribution >= 4 is 28.2 Å². The second-order valence-electron chi connectivity index (χ2n) is 6.96. The van der Waals surface area contributed by atoms with E-state index < -0.39 is 5.41 Å². The molecule has 1 saturated heterocycles. The van der Waals surface area contributed by atoms with Gasteiger partial charge in [0.2, 0.25) is 0 Å². The normalized spacial score (nSPS) is 19.9. The highest BCUT2D eigenvalue weighted by molar-refractivity contribution is 5.95. The summed E-state index contributed by atoms with van der Waals surface area (Å²) in [7, 11) is 0. The van der Waals surface area contributed by atoms with E-state index in [9.17, 15) is 14.9 Å². The lowest BCUT2D eigenvalue weighted by molar-refractivity contribution is -0.382. The Labute approximate surface area is 152 Å². The molecule has 7 nitrogen and oxygen atoms in total. The number of hydrogen-bond donors (Lipinski definition) is 0. The van der Waals surface area contributed by atoms with E-state index in [1.807, 2.05) is 18.7 Å². The van der Waals surface area contributed by atoms with Crippen LogP contribution < -0.4 is 4.90 Å². The molecule has 0 N–H and O–H groups in total. The highest BCUT2D eigenvalue weighted by Gasteiger charge is 2.49. The van der Waals surface area contributed by atoms with Crippen molar-refractivity contribution < 1.29 is 14.5 Å². The molecule has 0 spiro atoms. The molecule has 0 saturated carbocycles. The first kappa shape index (κ1) is 18.1. The number of nitrogens with zero attached hydrogens (tertiary/aromatic N) is 3. The van der Waals surface area contributed by atoms with Gasteiger partial charge in [-0.15, -0.1) is 0 Å². The number of carbonyl (C=O) groups excluding carboxylic acids is 1. The SMILES string of the molecule is CCOC(=O)C1(C(C)C)CCN(c2ccc3ncccc3c2[N+](=O)[O-])C1. The van der Waals surface area contributed by atoms with Crippen molar-refractivity contribution in [2.75, 3.05) is 24.6 Å². The Hall–Kier alpha value is -2.70. The molecule has 0 bridgehead atoms. The average molecular weight is 357 g/mol. The highest BCUT2D eigenvalue weighted by atomic mass is 16.6. The number of benzene rings is 1. The number of fused-ring (bicyclic) bond motifs is 1. The molecule has 1 atom stereocenters. The van der Waals surface area contributed by atoms with Crippen molar-refractivity contribution in [2.24, 2.45) is 11.3 Å². The predicted molar refractivity (Wildman–Crippen MR) is 99.1 cm³/mol. The van der Waals surface area contributed by atoms with Crippen LogP contribution in [0.4, 0.5) is 11.4 Å². The second-order valence-corrected chi connectivity index (χ2v) is 6.96. The standard InChI is InChI=1S/C19H23N3O4/c1-4-26-18(23)19(13(2)3)9-11-21(12-19)16-8-7-15-14(6-5-10-20-15)17(16)22(24)25/h5-8,10,13H,4,9,11-12H2,1-3H3. The van der Waals surface area contributed by atoms with Gasteiger partial charge in [-0.05, 0) is 43.5 Å². The van der Waals surface area contributed by atoms with Gasteiger partial charge >= 0.3 is 11.7 Å². The number of carbonyl (C=O) groups is 1. The molecular formula is C19H23N3O4. The van der Waals surface area contributed by atoms with Crippen LogP contribution in [0.5, 0.6) is 0 Å². The van der Waals surface area contributed by atoms with Crippen LogP contribution in [0.3, 0.4) is 0 Å². The van der Waals surface area contributed by atoms with Crippen LogP contribution in [-0.2, 0) is 9.53 Å². The van der Waals surface area contributed by atoms with E-state index in [4.69, 9.17) is 4.74 Å². The number of anilines is 1. The summed E-state index contributed by atoms with van der Waals surface area (Å²) in [6, 6.07) is 6.92. The maximum atomic E-state index is 12.6. The van der Waals surface area contributed by atoms with Gasteiger partial charge in [0.15, 0.2) is 0 Å². The molecule has 3 rings (SSSR count). The monoisotopic (exact) mass is 357 g/mol. The number of nitro groups is 1. The Balaban J connectivity index is 2.04. The Morgan fingerprint density at radius 1 is 1.42 bits per heavy atom. The first-order valence-corrected chi connectivity index (χ1v) is 8.85. The molecule has 1 fully saturated rings. The van der Waals surface area contributed by atoms with E-state index in [0.717, 1.165) is 0 Å². The largest absolute Gasteiger partial charge is 0.466 e. The van der Waals surface area contributed by atoms with Crippen molar-refractivity contribution in [3.05, 3.63) is 40.6 Å². The molecule has 0 aliphatic carbocycles. The minimum absolute atomic E-state index is 0.0408. The predicted octanol–water partition coefficient (Wildman–Crippen LogP) is 3.56. The van der Waals surface area contributed by atoms with Gasteiger partial charge in [0.25, 0.3) is 0 Å². The maximum absolute atomic E-state index is 12.6. The van der Waals surface area contributed by atoms with Crippen LogP contribution in [0.25, 0.3) is 10.9 Å². The van der Waals surface area contributed by atoms with Crippen molar-refractivity contribution in [3.63, 3.8) is 0 Å². The number of hydrogen-bond acceptors (Lipinski definition) is 6. The number of pyridine rings is 1. The lowest BCUT2D eigenvalue weighted by Crippen LogP contribution is -2.40. The van der Waals surface area contributed by atoms with Gasteiger partial charge in [-0.2, -0.15) is 0 Å². The molecule has 1 aliphatic heterocycles. The topological polar surface area (TPSA) is 85.6 Å². The third-order valence-corrected chi connectivity index (χ3v) is 5.35. The number of ether oxygens (including phenoxy) is 1. The Bertz CT molecular complexity index is 852. The van der Waals surface area contributed by atoms with Gasteiger partial charge in [-0.3, -0.25) is 19.9 Å². The van der Waals surface area contributed by atoms with Crippen molar-refractivity contribution in [1.29, 1.82) is 0 Å². The molecule has 0 radical (unpaired) electrons. The lowest BCUT2D eigenvalue weighted by Gasteiger charge is -2.31. The van der Waals surface area contributed by atoms with Crippen LogP contribution in [0.15, 0.2) is 30.5 Å². The molecule has 2 aromatic rings. The van der Waals surface area contributed by atoms with Crippen LogP contribution in [0, 0.1) is 21.4 Å². The maximum Gasteiger partial charge on any atom is 0.314 e. The second kappa shape index (κ2) is 6.90. The van der Waals surface area contributed by atoms with E-state index in [2.05, 4.69) is 4.98 Å². The summed E-state index contributed by atoms with van der Waals surface area (Å²) in [5, 5.41) is 12.3. The summed E-state index contributed by atoms with van der Waals surface area (Å²) in [6.07, 6.45) is 2.23. The number of aromatic nitrogens is 1. The van der Waals surface area contributed by atoms with Crippen LogP contribution >= 0.6 is 0 Å². The van der Waals surface area contributed by atoms with E-state index in [1.165, 1.54) is 0 Å². The van der Waals surface area contributed by atoms with Crippen molar-refractivity contribution in [1.82, 2.24) is 4.98 Å². The Morgan fingerprint density at radius 2 is 2.19 bits per heavy atom. The first-order valence-electron chi connectivity index (χ1n) is 8.85. The van der Waals surface area contributed by atoms with Crippen LogP contribution in [0.2, 0.25) is 0 Å². The van der Waals surface area contributed by atoms with Gasteiger partial charge < -0.3 is 9.64 Å². The summed E-state index contributed by atoms with van der Waals surface area (Å²) < 4.78 is 5.31. The fourth-order valence-electron chi connectivity index (χ4n) is 3.76. The zero-order valence-corrected chi connectivity index (χ0v) is 15.3. The summed E-state index contributed by atoms with van der Waals surface area (Å²) >= 11 is 0. The lowest BCUT2D eigenvalue weighted by atomic mass is 9.76. The zero-order chi connectivity index (χ0) is 18.9. The molecule has 26 heavy (non-hydrogen) atoms. The minimum atomic E-state index is -0.645. The third-order valence-electron chi connectivity index (χ3n) is 5.35.